The minimum absolute atomic E-state index is 0.202. The quantitative estimate of drug-likeness (QED) is 0.802. The monoisotopic (exact) mass is 299 g/mol. The predicted molar refractivity (Wildman–Crippen MR) is 82.9 cm³/mol. The lowest BCUT2D eigenvalue weighted by molar-refractivity contribution is 0.406. The second-order valence-electron chi connectivity index (χ2n) is 5.09. The summed E-state index contributed by atoms with van der Waals surface area (Å²) in [5, 5.41) is 0. The van der Waals surface area contributed by atoms with Gasteiger partial charge in [-0.05, 0) is 37.8 Å². The Labute approximate surface area is 122 Å². The van der Waals surface area contributed by atoms with E-state index in [4.69, 9.17) is 4.74 Å². The molecule has 1 aromatic carbocycles. The van der Waals surface area contributed by atoms with Gasteiger partial charge < -0.3 is 4.74 Å². The van der Waals surface area contributed by atoms with Crippen LogP contribution in [0.25, 0.3) is 0 Å². The first-order chi connectivity index (χ1) is 9.39. The highest BCUT2D eigenvalue weighted by atomic mass is 32.2. The number of benzene rings is 1. The van der Waals surface area contributed by atoms with Crippen molar-refractivity contribution in [1.29, 1.82) is 0 Å². The summed E-state index contributed by atoms with van der Waals surface area (Å²) < 4.78 is 31.5. The molecule has 0 aliphatic carbocycles. The summed E-state index contributed by atoms with van der Waals surface area (Å²) >= 11 is 0. The second kappa shape index (κ2) is 7.64. The van der Waals surface area contributed by atoms with Gasteiger partial charge in [0.2, 0.25) is 10.0 Å². The number of ether oxygens (including phenoxy) is 1. The van der Waals surface area contributed by atoms with Gasteiger partial charge in [-0.25, -0.2) is 13.1 Å². The van der Waals surface area contributed by atoms with E-state index >= 15 is 0 Å². The molecule has 0 unspecified atom stereocenters. The summed E-state index contributed by atoms with van der Waals surface area (Å²) in [6.45, 7) is 6.42. The van der Waals surface area contributed by atoms with Crippen LogP contribution < -0.4 is 9.46 Å². The average Bonchev–Trinajstić information content (AvgIpc) is 2.36. The molecule has 0 fully saturated rings. The topological polar surface area (TPSA) is 55.4 Å². The van der Waals surface area contributed by atoms with E-state index in [0.717, 1.165) is 28.9 Å². The summed E-state index contributed by atoms with van der Waals surface area (Å²) in [6, 6.07) is 4.11. The number of hydrogen-bond donors (Lipinski definition) is 1. The molecule has 20 heavy (non-hydrogen) atoms. The van der Waals surface area contributed by atoms with Crippen LogP contribution in [0.2, 0.25) is 0 Å². The molecule has 4 nitrogen and oxygen atoms in total. The maximum atomic E-state index is 11.7. The third-order valence-electron chi connectivity index (χ3n) is 3.18. The first-order valence-corrected chi connectivity index (χ1v) is 8.66. The van der Waals surface area contributed by atoms with E-state index in [1.54, 1.807) is 7.11 Å². The first kappa shape index (κ1) is 17.0. The van der Waals surface area contributed by atoms with Crippen molar-refractivity contribution in [3.63, 3.8) is 0 Å². The van der Waals surface area contributed by atoms with Crippen LogP contribution in [0.4, 0.5) is 0 Å². The highest BCUT2D eigenvalue weighted by Gasteiger charge is 2.11. The summed E-state index contributed by atoms with van der Waals surface area (Å²) in [5.41, 5.74) is 3.28. The van der Waals surface area contributed by atoms with Gasteiger partial charge in [-0.3, -0.25) is 0 Å². The Morgan fingerprint density at radius 3 is 2.55 bits per heavy atom. The number of aryl methyl sites for hydroxylation is 2. The third kappa shape index (κ3) is 5.13. The van der Waals surface area contributed by atoms with Crippen molar-refractivity contribution in [2.75, 3.05) is 19.4 Å². The van der Waals surface area contributed by atoms with Crippen LogP contribution in [0, 0.1) is 13.8 Å². The maximum absolute atomic E-state index is 11.7. The van der Waals surface area contributed by atoms with Gasteiger partial charge in [0.15, 0.2) is 0 Å². The Bertz CT molecular complexity index is 538. The zero-order valence-electron chi connectivity index (χ0n) is 12.8. The van der Waals surface area contributed by atoms with E-state index in [2.05, 4.69) is 10.8 Å². The molecule has 5 heteroatoms. The van der Waals surface area contributed by atoms with Crippen LogP contribution in [-0.2, 0) is 16.4 Å². The van der Waals surface area contributed by atoms with Gasteiger partial charge in [0.25, 0.3) is 0 Å². The molecule has 0 saturated carbocycles. The van der Waals surface area contributed by atoms with Gasteiger partial charge in [0.05, 0.1) is 12.9 Å². The van der Waals surface area contributed by atoms with Crippen molar-refractivity contribution in [3.05, 3.63) is 28.8 Å². The van der Waals surface area contributed by atoms with E-state index in [9.17, 15) is 8.42 Å². The maximum Gasteiger partial charge on any atom is 0.211 e. The standard InChI is InChI=1S/C15H25NO3S/c1-5-6-9-20(17,18)16-8-7-14-11-12(2)10-13(3)15(14)19-4/h10-11,16H,5-9H2,1-4H3. The average molecular weight is 299 g/mol. The number of nitrogens with one attached hydrogen (secondary N) is 1. The van der Waals surface area contributed by atoms with Crippen molar-refractivity contribution in [2.24, 2.45) is 0 Å². The smallest absolute Gasteiger partial charge is 0.211 e. The normalized spacial score (nSPS) is 11.6. The number of unbranched alkanes of at least 4 members (excludes halogenated alkanes) is 1. The Balaban J connectivity index is 2.67. The lowest BCUT2D eigenvalue weighted by Gasteiger charge is -2.13. The molecule has 0 saturated heterocycles. The van der Waals surface area contributed by atoms with Gasteiger partial charge in [-0.1, -0.05) is 31.0 Å². The Morgan fingerprint density at radius 2 is 1.95 bits per heavy atom. The van der Waals surface area contributed by atoms with Crippen LogP contribution in [0.5, 0.6) is 5.75 Å². The third-order valence-corrected chi connectivity index (χ3v) is 4.65. The zero-order chi connectivity index (χ0) is 15.2. The van der Waals surface area contributed by atoms with Crippen molar-refractivity contribution in [3.8, 4) is 5.75 Å². The van der Waals surface area contributed by atoms with E-state index in [1.165, 1.54) is 0 Å². The van der Waals surface area contributed by atoms with Crippen LogP contribution in [0.1, 0.15) is 36.5 Å². The molecule has 0 aliphatic heterocycles. The summed E-state index contributed by atoms with van der Waals surface area (Å²) in [7, 11) is -1.50. The molecule has 0 heterocycles. The van der Waals surface area contributed by atoms with Crippen molar-refractivity contribution >= 4 is 10.0 Å². The molecule has 0 aliphatic rings. The van der Waals surface area contributed by atoms with Gasteiger partial charge in [0, 0.05) is 6.54 Å². The molecule has 0 bridgehead atoms. The SMILES string of the molecule is CCCCS(=O)(=O)NCCc1cc(C)cc(C)c1OC. The molecule has 0 amide bonds. The summed E-state index contributed by atoms with van der Waals surface area (Å²) in [4.78, 5) is 0. The molecule has 0 radical (unpaired) electrons. The molecule has 114 valence electrons. The Hall–Kier alpha value is -1.07. The molecule has 1 N–H and O–H groups in total. The van der Waals surface area contributed by atoms with Crippen LogP contribution in [0.3, 0.4) is 0 Å². The van der Waals surface area contributed by atoms with E-state index in [-0.39, 0.29) is 5.75 Å². The highest BCUT2D eigenvalue weighted by Crippen LogP contribution is 2.25. The summed E-state index contributed by atoms with van der Waals surface area (Å²) in [6.07, 6.45) is 2.21. The molecule has 0 aromatic heterocycles. The van der Waals surface area contributed by atoms with E-state index in [0.29, 0.717) is 19.4 Å². The lowest BCUT2D eigenvalue weighted by Crippen LogP contribution is -2.28. The van der Waals surface area contributed by atoms with E-state index in [1.807, 2.05) is 26.8 Å². The number of hydrogen-bond acceptors (Lipinski definition) is 3. The molecule has 0 atom stereocenters. The van der Waals surface area contributed by atoms with Crippen molar-refractivity contribution in [2.45, 2.75) is 40.0 Å². The van der Waals surface area contributed by atoms with Crippen molar-refractivity contribution < 1.29 is 13.2 Å². The molecular weight excluding hydrogens is 274 g/mol. The Kier molecular flexibility index (Phi) is 6.49. The number of sulfonamides is 1. The molecular formula is C15H25NO3S. The highest BCUT2D eigenvalue weighted by molar-refractivity contribution is 7.89. The van der Waals surface area contributed by atoms with Crippen molar-refractivity contribution in [1.82, 2.24) is 4.72 Å². The summed E-state index contributed by atoms with van der Waals surface area (Å²) in [5.74, 6) is 1.05. The largest absolute Gasteiger partial charge is 0.496 e. The zero-order valence-corrected chi connectivity index (χ0v) is 13.6. The fraction of sp³-hybridized carbons (Fsp3) is 0.600. The van der Waals surface area contributed by atoms with Gasteiger partial charge in [-0.15, -0.1) is 0 Å². The predicted octanol–water partition coefficient (Wildman–Crippen LogP) is 2.57. The number of methoxy groups -OCH3 is 1. The second-order valence-corrected chi connectivity index (χ2v) is 7.02. The van der Waals surface area contributed by atoms with E-state index < -0.39 is 10.0 Å². The minimum atomic E-state index is -3.14. The van der Waals surface area contributed by atoms with Gasteiger partial charge in [-0.2, -0.15) is 0 Å². The minimum Gasteiger partial charge on any atom is -0.496 e. The fourth-order valence-electron chi connectivity index (χ4n) is 2.27. The number of rotatable bonds is 8. The fourth-order valence-corrected chi connectivity index (χ4v) is 3.49. The van der Waals surface area contributed by atoms with Crippen LogP contribution in [0.15, 0.2) is 12.1 Å². The molecule has 1 rings (SSSR count). The molecule has 0 spiro atoms. The Morgan fingerprint density at radius 1 is 1.25 bits per heavy atom. The lowest BCUT2D eigenvalue weighted by atomic mass is 10.0. The van der Waals surface area contributed by atoms with Gasteiger partial charge >= 0.3 is 0 Å². The van der Waals surface area contributed by atoms with Gasteiger partial charge in [0.1, 0.15) is 5.75 Å². The van der Waals surface area contributed by atoms with Crippen LogP contribution in [-0.4, -0.2) is 27.8 Å². The molecule has 1 aromatic rings. The van der Waals surface area contributed by atoms with Crippen LogP contribution >= 0.6 is 0 Å². The first-order valence-electron chi connectivity index (χ1n) is 7.01.